The molecule has 0 atom stereocenters. The molecule has 2 aromatic carbocycles. The van der Waals surface area contributed by atoms with Crippen LogP contribution < -0.4 is 4.90 Å². The van der Waals surface area contributed by atoms with Crippen LogP contribution in [0.3, 0.4) is 0 Å². The van der Waals surface area contributed by atoms with Gasteiger partial charge < -0.3 is 9.64 Å². The minimum absolute atomic E-state index is 0.0914. The summed E-state index contributed by atoms with van der Waals surface area (Å²) in [5.74, 6) is -0.270. The van der Waals surface area contributed by atoms with E-state index in [0.29, 0.717) is 11.3 Å². The van der Waals surface area contributed by atoms with Crippen molar-refractivity contribution in [3.05, 3.63) is 58.6 Å². The van der Waals surface area contributed by atoms with Crippen LogP contribution in [0.25, 0.3) is 0 Å². The van der Waals surface area contributed by atoms with Gasteiger partial charge in [-0.1, -0.05) is 34.1 Å². The molecule has 0 saturated carbocycles. The van der Waals surface area contributed by atoms with Gasteiger partial charge in [-0.25, -0.2) is 4.79 Å². The normalized spacial score (nSPS) is 10.2. The molecule has 0 N–H and O–H groups in total. The first-order valence-corrected chi connectivity index (χ1v) is 8.63. The summed E-state index contributed by atoms with van der Waals surface area (Å²) in [5, 5.41) is 0. The van der Waals surface area contributed by atoms with E-state index in [-0.39, 0.29) is 11.7 Å². The van der Waals surface area contributed by atoms with E-state index in [4.69, 9.17) is 4.74 Å². The van der Waals surface area contributed by atoms with Crippen LogP contribution in [0, 0.1) is 0 Å². The topological polar surface area (TPSA) is 46.6 Å². The van der Waals surface area contributed by atoms with Gasteiger partial charge >= 0.3 is 5.97 Å². The second-order valence-corrected chi connectivity index (χ2v) is 6.67. The van der Waals surface area contributed by atoms with Gasteiger partial charge in [-0.3, -0.25) is 4.79 Å². The molecule has 0 spiro atoms. The smallest absolute Gasteiger partial charge is 0.339 e. The molecule has 0 fully saturated rings. The predicted molar refractivity (Wildman–Crippen MR) is 96.1 cm³/mol. The molecule has 0 aliphatic rings. The standard InChI is InChI=1S/C17H16BrNO3S/c1-19(15-9-4-3-8-14(15)17(21)22-2)16(20)11-23-13-7-5-6-12(18)10-13/h3-10H,11H2,1-2H3. The number of nitrogens with zero attached hydrogens (tertiary/aromatic N) is 1. The molecule has 1 amide bonds. The van der Waals surface area contributed by atoms with Gasteiger partial charge in [0.05, 0.1) is 24.1 Å². The fraction of sp³-hybridized carbons (Fsp3) is 0.176. The van der Waals surface area contributed by atoms with Gasteiger partial charge in [-0.15, -0.1) is 11.8 Å². The summed E-state index contributed by atoms with van der Waals surface area (Å²) in [7, 11) is 2.98. The zero-order valence-electron chi connectivity index (χ0n) is 12.8. The third kappa shape index (κ3) is 4.59. The molecule has 120 valence electrons. The van der Waals surface area contributed by atoms with Crippen LogP contribution in [0.5, 0.6) is 0 Å². The molecule has 0 aliphatic heterocycles. The monoisotopic (exact) mass is 393 g/mol. The van der Waals surface area contributed by atoms with Crippen LogP contribution >= 0.6 is 27.7 Å². The molecule has 0 aromatic heterocycles. The molecule has 0 saturated heterocycles. The van der Waals surface area contributed by atoms with Crippen molar-refractivity contribution < 1.29 is 14.3 Å². The van der Waals surface area contributed by atoms with Crippen molar-refractivity contribution in [1.82, 2.24) is 0 Å². The number of para-hydroxylation sites is 1. The highest BCUT2D eigenvalue weighted by atomic mass is 79.9. The molecule has 23 heavy (non-hydrogen) atoms. The minimum atomic E-state index is -0.458. The van der Waals surface area contributed by atoms with Crippen LogP contribution in [-0.2, 0) is 9.53 Å². The maximum absolute atomic E-state index is 12.4. The van der Waals surface area contributed by atoms with Gasteiger partial charge in [-0.2, -0.15) is 0 Å². The molecule has 0 heterocycles. The number of esters is 1. The van der Waals surface area contributed by atoms with Crippen LogP contribution in [0.4, 0.5) is 5.69 Å². The van der Waals surface area contributed by atoms with Crippen LogP contribution in [0.15, 0.2) is 57.9 Å². The van der Waals surface area contributed by atoms with Crippen molar-refractivity contribution in [2.75, 3.05) is 24.8 Å². The number of ether oxygens (including phenoxy) is 1. The highest BCUT2D eigenvalue weighted by Gasteiger charge is 2.18. The number of hydrogen-bond acceptors (Lipinski definition) is 4. The minimum Gasteiger partial charge on any atom is -0.465 e. The lowest BCUT2D eigenvalue weighted by Crippen LogP contribution is -2.29. The lowest BCUT2D eigenvalue weighted by molar-refractivity contribution is -0.115. The van der Waals surface area contributed by atoms with Gasteiger partial charge in [-0.05, 0) is 30.3 Å². The van der Waals surface area contributed by atoms with Gasteiger partial charge in [0.1, 0.15) is 0 Å². The SMILES string of the molecule is COC(=O)c1ccccc1N(C)C(=O)CSc1cccc(Br)c1. The Labute approximate surface area is 148 Å². The molecule has 2 aromatic rings. The van der Waals surface area contributed by atoms with E-state index < -0.39 is 5.97 Å². The molecular weight excluding hydrogens is 378 g/mol. The molecule has 0 bridgehead atoms. The Morgan fingerprint density at radius 2 is 1.91 bits per heavy atom. The summed E-state index contributed by atoms with van der Waals surface area (Å²) >= 11 is 4.86. The summed E-state index contributed by atoms with van der Waals surface area (Å²) in [6, 6.07) is 14.7. The second-order valence-electron chi connectivity index (χ2n) is 4.71. The lowest BCUT2D eigenvalue weighted by atomic mass is 10.1. The molecule has 6 heteroatoms. The second kappa shape index (κ2) is 8.17. The van der Waals surface area contributed by atoms with Crippen LogP contribution in [0.1, 0.15) is 10.4 Å². The van der Waals surface area contributed by atoms with E-state index in [2.05, 4.69) is 15.9 Å². The van der Waals surface area contributed by atoms with Crippen molar-refractivity contribution in [2.45, 2.75) is 4.90 Å². The van der Waals surface area contributed by atoms with E-state index in [1.165, 1.54) is 23.8 Å². The Hall–Kier alpha value is -1.79. The first-order valence-electron chi connectivity index (χ1n) is 6.85. The number of amides is 1. The zero-order valence-corrected chi connectivity index (χ0v) is 15.2. The number of carbonyl (C=O) groups excluding carboxylic acids is 2. The molecular formula is C17H16BrNO3S. The Balaban J connectivity index is 2.09. The maximum atomic E-state index is 12.4. The Morgan fingerprint density at radius 3 is 2.61 bits per heavy atom. The largest absolute Gasteiger partial charge is 0.465 e. The van der Waals surface area contributed by atoms with Crippen molar-refractivity contribution in [2.24, 2.45) is 0 Å². The first-order chi connectivity index (χ1) is 11.0. The van der Waals surface area contributed by atoms with Crippen LogP contribution in [-0.4, -0.2) is 31.8 Å². The number of hydrogen-bond donors (Lipinski definition) is 0. The summed E-state index contributed by atoms with van der Waals surface area (Å²) < 4.78 is 5.73. The summed E-state index contributed by atoms with van der Waals surface area (Å²) in [6.45, 7) is 0. The summed E-state index contributed by atoms with van der Waals surface area (Å²) in [4.78, 5) is 26.7. The van der Waals surface area contributed by atoms with Crippen molar-refractivity contribution in [3.8, 4) is 0 Å². The van der Waals surface area contributed by atoms with Gasteiger partial charge in [0.15, 0.2) is 0 Å². The Morgan fingerprint density at radius 1 is 1.17 bits per heavy atom. The predicted octanol–water partition coefficient (Wildman–Crippen LogP) is 3.99. The highest BCUT2D eigenvalue weighted by Crippen LogP contribution is 2.24. The van der Waals surface area contributed by atoms with E-state index in [9.17, 15) is 9.59 Å². The molecule has 0 aliphatic carbocycles. The van der Waals surface area contributed by atoms with Crippen molar-refractivity contribution in [3.63, 3.8) is 0 Å². The quantitative estimate of drug-likeness (QED) is 0.568. The molecule has 0 radical (unpaired) electrons. The Bertz CT molecular complexity index is 720. The van der Waals surface area contributed by atoms with Crippen molar-refractivity contribution in [1.29, 1.82) is 0 Å². The molecule has 4 nitrogen and oxygen atoms in total. The Kier molecular flexibility index (Phi) is 6.24. The lowest BCUT2D eigenvalue weighted by Gasteiger charge is -2.19. The highest BCUT2D eigenvalue weighted by molar-refractivity contribution is 9.10. The van der Waals surface area contributed by atoms with Gasteiger partial charge in [0, 0.05) is 16.4 Å². The molecule has 0 unspecified atom stereocenters. The number of methoxy groups -OCH3 is 1. The number of halogens is 1. The number of carbonyl (C=O) groups is 2. The fourth-order valence-corrected chi connectivity index (χ4v) is 3.40. The van der Waals surface area contributed by atoms with E-state index in [1.54, 1.807) is 31.3 Å². The summed E-state index contributed by atoms with van der Waals surface area (Å²) in [6.07, 6.45) is 0. The maximum Gasteiger partial charge on any atom is 0.339 e. The number of rotatable bonds is 5. The zero-order chi connectivity index (χ0) is 16.8. The third-order valence-corrected chi connectivity index (χ3v) is 4.68. The van der Waals surface area contributed by atoms with E-state index in [1.807, 2.05) is 24.3 Å². The fourth-order valence-electron chi connectivity index (χ4n) is 1.98. The average Bonchev–Trinajstić information content (AvgIpc) is 2.58. The van der Waals surface area contributed by atoms with Gasteiger partial charge in [0.25, 0.3) is 0 Å². The first kappa shape index (κ1) is 17.6. The number of thioether (sulfide) groups is 1. The average molecular weight is 394 g/mol. The number of anilines is 1. The third-order valence-electron chi connectivity index (χ3n) is 3.20. The van der Waals surface area contributed by atoms with E-state index in [0.717, 1.165) is 9.37 Å². The number of benzene rings is 2. The van der Waals surface area contributed by atoms with Crippen molar-refractivity contribution >= 4 is 45.3 Å². The van der Waals surface area contributed by atoms with E-state index >= 15 is 0 Å². The van der Waals surface area contributed by atoms with Gasteiger partial charge in [0.2, 0.25) is 5.91 Å². The molecule has 2 rings (SSSR count). The summed E-state index contributed by atoms with van der Waals surface area (Å²) in [5.41, 5.74) is 0.914. The van der Waals surface area contributed by atoms with Crippen LogP contribution in [0.2, 0.25) is 0 Å².